The molecule has 5 nitrogen and oxygen atoms in total. The van der Waals surface area contributed by atoms with Gasteiger partial charge in [-0.05, 0) is 44.3 Å². The van der Waals surface area contributed by atoms with Gasteiger partial charge >= 0.3 is 11.9 Å². The van der Waals surface area contributed by atoms with Crippen molar-refractivity contribution in [1.82, 2.24) is 0 Å². The molecule has 4 unspecified atom stereocenters. The number of aliphatic hydroxyl groups is 1. The van der Waals surface area contributed by atoms with E-state index in [1.54, 1.807) is 0 Å². The van der Waals surface area contributed by atoms with Crippen LogP contribution in [0.25, 0.3) is 0 Å². The van der Waals surface area contributed by atoms with Gasteiger partial charge in [-0.15, -0.1) is 0 Å². The third-order valence-corrected chi connectivity index (χ3v) is 4.69. The Morgan fingerprint density at radius 2 is 2.12 bits per heavy atom. The smallest absolute Gasteiger partial charge is 0.334 e. The molecule has 0 aromatic heterocycles. The number of esters is 2. The normalized spacial score (nSPS) is 30.3. The molecular formula is C20H28O5. The third-order valence-electron chi connectivity index (χ3n) is 4.69. The largest absolute Gasteiger partial charge is 0.457 e. The first-order chi connectivity index (χ1) is 11.7. The second kappa shape index (κ2) is 8.00. The number of hydrogen-bond acceptors (Lipinski definition) is 5. The first-order valence-corrected chi connectivity index (χ1v) is 8.82. The van der Waals surface area contributed by atoms with E-state index in [1.165, 1.54) is 0 Å². The van der Waals surface area contributed by atoms with Crippen LogP contribution in [-0.2, 0) is 19.1 Å². The zero-order valence-corrected chi connectivity index (χ0v) is 15.5. The number of carbonyl (C=O) groups excluding carboxylic acids is 2. The fraction of sp³-hybridized carbons (Fsp3) is 0.600. The second-order valence-electron chi connectivity index (χ2n) is 7.42. The Morgan fingerprint density at radius 1 is 1.44 bits per heavy atom. The fourth-order valence-electron chi connectivity index (χ4n) is 3.27. The molecule has 0 amide bonds. The average molecular weight is 348 g/mol. The number of carbonyl (C=O) groups is 2. The summed E-state index contributed by atoms with van der Waals surface area (Å²) in [5.74, 6) is -1.28. The minimum Gasteiger partial charge on any atom is -0.457 e. The molecule has 0 bridgehead atoms. The van der Waals surface area contributed by atoms with Gasteiger partial charge in [0.05, 0.1) is 5.92 Å². The minimum atomic E-state index is -0.939. The summed E-state index contributed by atoms with van der Waals surface area (Å²) in [5, 5.41) is 10.6. The maximum Gasteiger partial charge on any atom is 0.334 e. The lowest BCUT2D eigenvalue weighted by Gasteiger charge is -2.29. The fourth-order valence-corrected chi connectivity index (χ4v) is 3.27. The molecule has 0 radical (unpaired) electrons. The number of aliphatic hydroxyl groups excluding tert-OH is 1. The summed E-state index contributed by atoms with van der Waals surface area (Å²) >= 11 is 0. The van der Waals surface area contributed by atoms with E-state index in [0.29, 0.717) is 6.42 Å². The van der Waals surface area contributed by atoms with Crippen molar-refractivity contribution in [2.75, 3.05) is 0 Å². The van der Waals surface area contributed by atoms with Crippen LogP contribution in [0, 0.1) is 11.8 Å². The summed E-state index contributed by atoms with van der Waals surface area (Å²) in [6, 6.07) is 0. The van der Waals surface area contributed by atoms with Gasteiger partial charge in [0.1, 0.15) is 18.3 Å². The van der Waals surface area contributed by atoms with Gasteiger partial charge in [-0.1, -0.05) is 32.1 Å². The van der Waals surface area contributed by atoms with Crippen molar-refractivity contribution < 1.29 is 24.2 Å². The van der Waals surface area contributed by atoms with E-state index in [2.05, 4.69) is 6.58 Å². The van der Waals surface area contributed by atoms with Gasteiger partial charge in [0.25, 0.3) is 0 Å². The van der Waals surface area contributed by atoms with Crippen LogP contribution in [0.3, 0.4) is 0 Å². The highest BCUT2D eigenvalue weighted by Gasteiger charge is 2.48. The van der Waals surface area contributed by atoms with E-state index in [0.717, 1.165) is 24.0 Å². The molecule has 1 fully saturated rings. The molecule has 1 N–H and O–H groups in total. The molecule has 25 heavy (non-hydrogen) atoms. The SMILES string of the molecule is C=C1C(=O)OC2C(O)C(C)=CCCC(C)=CC(OC(=O)CC(C)C)C12. The Balaban J connectivity index is 2.38. The van der Waals surface area contributed by atoms with E-state index in [9.17, 15) is 14.7 Å². The molecule has 138 valence electrons. The lowest BCUT2D eigenvalue weighted by Crippen LogP contribution is -2.40. The summed E-state index contributed by atoms with van der Waals surface area (Å²) in [5.41, 5.74) is 2.05. The lowest BCUT2D eigenvalue weighted by molar-refractivity contribution is -0.152. The minimum absolute atomic E-state index is 0.174. The molecule has 0 spiro atoms. The number of hydrogen-bond donors (Lipinski definition) is 1. The van der Waals surface area contributed by atoms with Crippen molar-refractivity contribution in [3.63, 3.8) is 0 Å². The van der Waals surface area contributed by atoms with Crippen molar-refractivity contribution in [2.45, 2.75) is 65.3 Å². The molecule has 1 aliphatic heterocycles. The van der Waals surface area contributed by atoms with Crippen LogP contribution < -0.4 is 0 Å². The number of allylic oxidation sites excluding steroid dienone is 2. The van der Waals surface area contributed by atoms with Crippen LogP contribution in [0.15, 0.2) is 35.5 Å². The second-order valence-corrected chi connectivity index (χ2v) is 7.42. The Hall–Kier alpha value is -1.88. The van der Waals surface area contributed by atoms with Gasteiger partial charge in [-0.3, -0.25) is 4.79 Å². The Morgan fingerprint density at radius 3 is 2.76 bits per heavy atom. The standard InChI is InChI=1S/C20H28O5/c1-11(2)9-16(21)24-15-10-12(3)7-6-8-13(4)18(22)19-17(15)14(5)20(23)25-19/h8,10-11,15,17-19,22H,5-7,9H2,1-4H3. The van der Waals surface area contributed by atoms with Crippen LogP contribution in [0.1, 0.15) is 47.0 Å². The first kappa shape index (κ1) is 19.4. The third kappa shape index (κ3) is 4.60. The topological polar surface area (TPSA) is 72.8 Å². The van der Waals surface area contributed by atoms with Crippen LogP contribution in [0.5, 0.6) is 0 Å². The summed E-state index contributed by atoms with van der Waals surface area (Å²) in [6.07, 6.45) is 3.27. The Labute approximate surface area is 149 Å². The van der Waals surface area contributed by atoms with Gasteiger partial charge in [-0.25, -0.2) is 4.79 Å². The molecule has 1 aliphatic carbocycles. The van der Waals surface area contributed by atoms with Gasteiger partial charge in [0, 0.05) is 12.0 Å². The van der Waals surface area contributed by atoms with Gasteiger partial charge in [0.15, 0.2) is 0 Å². The number of rotatable bonds is 3. The molecule has 5 heteroatoms. The zero-order chi connectivity index (χ0) is 18.7. The first-order valence-electron chi connectivity index (χ1n) is 8.82. The highest BCUT2D eigenvalue weighted by Crippen LogP contribution is 2.36. The van der Waals surface area contributed by atoms with Gasteiger partial charge in [-0.2, -0.15) is 0 Å². The van der Waals surface area contributed by atoms with Crippen molar-refractivity contribution in [2.24, 2.45) is 11.8 Å². The quantitative estimate of drug-likeness (QED) is 0.482. The molecule has 2 aliphatic rings. The Bertz CT molecular complexity index is 614. The Kier molecular flexibility index (Phi) is 6.22. The van der Waals surface area contributed by atoms with Crippen LogP contribution in [0.2, 0.25) is 0 Å². The maximum atomic E-state index is 12.2. The maximum absolute atomic E-state index is 12.2. The predicted molar refractivity (Wildman–Crippen MR) is 94.6 cm³/mol. The van der Waals surface area contributed by atoms with Crippen molar-refractivity contribution in [1.29, 1.82) is 0 Å². The van der Waals surface area contributed by atoms with E-state index in [-0.39, 0.29) is 17.5 Å². The highest BCUT2D eigenvalue weighted by molar-refractivity contribution is 5.91. The molecule has 1 saturated heterocycles. The average Bonchev–Trinajstić information content (AvgIpc) is 2.79. The molecule has 2 rings (SSSR count). The molecular weight excluding hydrogens is 320 g/mol. The van der Waals surface area contributed by atoms with Crippen molar-refractivity contribution >= 4 is 11.9 Å². The molecule has 4 atom stereocenters. The monoisotopic (exact) mass is 348 g/mol. The van der Waals surface area contributed by atoms with E-state index in [4.69, 9.17) is 9.47 Å². The molecule has 0 saturated carbocycles. The van der Waals surface area contributed by atoms with E-state index in [1.807, 2.05) is 39.8 Å². The summed E-state index contributed by atoms with van der Waals surface area (Å²) in [4.78, 5) is 24.3. The van der Waals surface area contributed by atoms with Crippen LogP contribution >= 0.6 is 0 Å². The van der Waals surface area contributed by atoms with Gasteiger partial charge in [0.2, 0.25) is 0 Å². The van der Waals surface area contributed by atoms with Crippen LogP contribution in [-0.4, -0.2) is 35.4 Å². The summed E-state index contributed by atoms with van der Waals surface area (Å²) in [6.45, 7) is 11.5. The van der Waals surface area contributed by atoms with Crippen LogP contribution in [0.4, 0.5) is 0 Å². The summed E-state index contributed by atoms with van der Waals surface area (Å²) < 4.78 is 11.1. The summed E-state index contributed by atoms with van der Waals surface area (Å²) in [7, 11) is 0. The zero-order valence-electron chi connectivity index (χ0n) is 15.5. The molecule has 1 heterocycles. The van der Waals surface area contributed by atoms with Crippen molar-refractivity contribution in [3.8, 4) is 0 Å². The predicted octanol–water partition coefficient (Wildman–Crippen LogP) is 3.09. The van der Waals surface area contributed by atoms with Gasteiger partial charge < -0.3 is 14.6 Å². The molecule has 0 aromatic rings. The highest BCUT2D eigenvalue weighted by atomic mass is 16.6. The van der Waals surface area contributed by atoms with Crippen molar-refractivity contribution in [3.05, 3.63) is 35.5 Å². The lowest BCUT2D eigenvalue weighted by atomic mass is 9.84. The number of fused-ring (bicyclic) bond motifs is 1. The number of ether oxygens (including phenoxy) is 2. The van der Waals surface area contributed by atoms with E-state index < -0.39 is 30.2 Å². The molecule has 0 aromatic carbocycles. The van der Waals surface area contributed by atoms with E-state index >= 15 is 0 Å².